The summed E-state index contributed by atoms with van der Waals surface area (Å²) in [5.74, 6) is 1.04. The second-order valence-corrected chi connectivity index (χ2v) is 7.70. The number of anilines is 1. The zero-order valence-corrected chi connectivity index (χ0v) is 15.3. The molecular weight excluding hydrogens is 314 g/mol. The van der Waals surface area contributed by atoms with Crippen LogP contribution in [0.5, 0.6) is 0 Å². The smallest absolute Gasteiger partial charge is 0.228 e. The van der Waals surface area contributed by atoms with Crippen LogP contribution < -0.4 is 4.90 Å². The van der Waals surface area contributed by atoms with Crippen LogP contribution in [0, 0.1) is 5.41 Å². The molecule has 1 aromatic heterocycles. The van der Waals surface area contributed by atoms with Gasteiger partial charge in [-0.25, -0.2) is 4.98 Å². The van der Waals surface area contributed by atoms with Gasteiger partial charge in [0.1, 0.15) is 5.82 Å². The Morgan fingerprint density at radius 3 is 2.64 bits per heavy atom. The number of pyridine rings is 1. The molecule has 134 valence electrons. The summed E-state index contributed by atoms with van der Waals surface area (Å²) in [5.41, 5.74) is 1.42. The van der Waals surface area contributed by atoms with Gasteiger partial charge in [-0.1, -0.05) is 39.0 Å². The molecule has 1 saturated heterocycles. The van der Waals surface area contributed by atoms with Gasteiger partial charge < -0.3 is 14.9 Å². The Balaban J connectivity index is 1.85. The van der Waals surface area contributed by atoms with E-state index in [0.29, 0.717) is 6.54 Å². The van der Waals surface area contributed by atoms with Crippen LogP contribution in [0.4, 0.5) is 5.82 Å². The van der Waals surface area contributed by atoms with Crippen LogP contribution in [0.15, 0.2) is 30.3 Å². The summed E-state index contributed by atoms with van der Waals surface area (Å²) in [6.45, 7) is 8.90. The summed E-state index contributed by atoms with van der Waals surface area (Å²) < 4.78 is 0. The normalized spacial score (nSPS) is 16.2. The lowest BCUT2D eigenvalue weighted by atomic mass is 9.94. The fourth-order valence-electron chi connectivity index (χ4n) is 3.35. The Kier molecular flexibility index (Phi) is 4.95. The van der Waals surface area contributed by atoms with Crippen molar-refractivity contribution in [3.63, 3.8) is 0 Å². The van der Waals surface area contributed by atoms with Gasteiger partial charge in [-0.15, -0.1) is 0 Å². The number of rotatable bonds is 2. The van der Waals surface area contributed by atoms with Crippen LogP contribution in [-0.4, -0.2) is 47.1 Å². The lowest BCUT2D eigenvalue weighted by Crippen LogP contribution is -2.41. The largest absolute Gasteiger partial charge is 0.392 e. The van der Waals surface area contributed by atoms with Gasteiger partial charge in [-0.2, -0.15) is 0 Å². The predicted octanol–water partition coefficient (Wildman–Crippen LogP) is 2.81. The number of aliphatic hydroxyl groups is 1. The third-order valence-corrected chi connectivity index (χ3v) is 4.67. The highest BCUT2D eigenvalue weighted by atomic mass is 16.3. The van der Waals surface area contributed by atoms with Crippen LogP contribution in [0.2, 0.25) is 0 Å². The number of amides is 1. The number of aliphatic hydroxyl groups excluding tert-OH is 1. The van der Waals surface area contributed by atoms with E-state index in [1.54, 1.807) is 0 Å². The number of carbonyl (C=O) groups is 1. The van der Waals surface area contributed by atoms with E-state index in [0.717, 1.165) is 48.3 Å². The second-order valence-electron chi connectivity index (χ2n) is 7.70. The Hall–Kier alpha value is -2.14. The number of nitrogens with zero attached hydrogens (tertiary/aromatic N) is 3. The monoisotopic (exact) mass is 341 g/mol. The van der Waals surface area contributed by atoms with E-state index >= 15 is 0 Å². The molecule has 0 atom stereocenters. The first kappa shape index (κ1) is 17.7. The number of carbonyl (C=O) groups excluding carboxylic acids is 1. The van der Waals surface area contributed by atoms with Gasteiger partial charge >= 0.3 is 0 Å². The molecule has 1 aliphatic rings. The van der Waals surface area contributed by atoms with Gasteiger partial charge in [0.05, 0.1) is 12.1 Å². The molecule has 1 fully saturated rings. The average molecular weight is 341 g/mol. The van der Waals surface area contributed by atoms with E-state index in [1.165, 1.54) is 0 Å². The molecule has 0 unspecified atom stereocenters. The van der Waals surface area contributed by atoms with Crippen molar-refractivity contribution < 1.29 is 9.90 Å². The number of para-hydroxylation sites is 1. The standard InChI is InChI=1S/C20H27N3O2/c1-20(2,3)19(25)23-10-6-9-22(11-12-23)18-16(14-24)13-15-7-4-5-8-17(15)21-18/h4-5,7-8,13,24H,6,9-12,14H2,1-3H3. The van der Waals surface area contributed by atoms with Crippen LogP contribution in [-0.2, 0) is 11.4 Å². The molecule has 0 aliphatic carbocycles. The van der Waals surface area contributed by atoms with Crippen LogP contribution >= 0.6 is 0 Å². The number of hydrogen-bond donors (Lipinski definition) is 1. The summed E-state index contributed by atoms with van der Waals surface area (Å²) in [4.78, 5) is 21.5. The highest BCUT2D eigenvalue weighted by Gasteiger charge is 2.29. The molecule has 1 aromatic carbocycles. The zero-order valence-electron chi connectivity index (χ0n) is 15.3. The molecule has 0 spiro atoms. The van der Waals surface area contributed by atoms with Gasteiger partial charge in [-0.3, -0.25) is 4.79 Å². The molecule has 0 saturated carbocycles. The summed E-state index contributed by atoms with van der Waals surface area (Å²) in [5, 5.41) is 10.8. The zero-order chi connectivity index (χ0) is 18.0. The molecule has 1 aliphatic heterocycles. The van der Waals surface area contributed by atoms with E-state index in [9.17, 15) is 9.90 Å². The molecular formula is C20H27N3O2. The van der Waals surface area contributed by atoms with Gasteiger partial charge in [-0.05, 0) is 18.6 Å². The molecule has 5 nitrogen and oxygen atoms in total. The van der Waals surface area contributed by atoms with Crippen molar-refractivity contribution in [1.29, 1.82) is 0 Å². The predicted molar refractivity (Wildman–Crippen MR) is 101 cm³/mol. The van der Waals surface area contributed by atoms with Gasteiger partial charge in [0.15, 0.2) is 0 Å². The first-order chi connectivity index (χ1) is 11.9. The Bertz CT molecular complexity index is 767. The van der Waals surface area contributed by atoms with Crippen molar-refractivity contribution in [2.24, 2.45) is 5.41 Å². The SMILES string of the molecule is CC(C)(C)C(=O)N1CCCN(c2nc3ccccc3cc2CO)CC1. The quantitative estimate of drug-likeness (QED) is 0.912. The average Bonchev–Trinajstić information content (AvgIpc) is 2.85. The molecule has 3 rings (SSSR count). The van der Waals surface area contributed by atoms with Crippen LogP contribution in [0.25, 0.3) is 10.9 Å². The number of aromatic nitrogens is 1. The van der Waals surface area contributed by atoms with Crippen molar-refractivity contribution in [1.82, 2.24) is 9.88 Å². The molecule has 1 N–H and O–H groups in total. The van der Waals surface area contributed by atoms with E-state index < -0.39 is 0 Å². The first-order valence-electron chi connectivity index (χ1n) is 8.94. The maximum atomic E-state index is 12.6. The lowest BCUT2D eigenvalue weighted by Gasteiger charge is -2.29. The summed E-state index contributed by atoms with van der Waals surface area (Å²) in [6.07, 6.45) is 0.904. The van der Waals surface area contributed by atoms with Crippen molar-refractivity contribution >= 4 is 22.6 Å². The highest BCUT2D eigenvalue weighted by Crippen LogP contribution is 2.26. The summed E-state index contributed by atoms with van der Waals surface area (Å²) in [7, 11) is 0. The fourth-order valence-corrected chi connectivity index (χ4v) is 3.35. The Labute approximate surface area is 149 Å². The minimum atomic E-state index is -0.355. The number of hydrogen-bond acceptors (Lipinski definition) is 4. The number of fused-ring (bicyclic) bond motifs is 1. The van der Waals surface area contributed by atoms with E-state index in [2.05, 4.69) is 4.90 Å². The maximum Gasteiger partial charge on any atom is 0.228 e. The third-order valence-electron chi connectivity index (χ3n) is 4.67. The number of benzene rings is 1. The molecule has 25 heavy (non-hydrogen) atoms. The van der Waals surface area contributed by atoms with Crippen LogP contribution in [0.3, 0.4) is 0 Å². The minimum Gasteiger partial charge on any atom is -0.392 e. The fraction of sp³-hybridized carbons (Fsp3) is 0.500. The molecule has 0 bridgehead atoms. The lowest BCUT2D eigenvalue weighted by molar-refractivity contribution is -0.139. The van der Waals surface area contributed by atoms with E-state index in [1.807, 2.05) is 56.0 Å². The Morgan fingerprint density at radius 2 is 1.92 bits per heavy atom. The van der Waals surface area contributed by atoms with Gasteiger partial charge in [0.25, 0.3) is 0 Å². The maximum absolute atomic E-state index is 12.6. The first-order valence-corrected chi connectivity index (χ1v) is 8.94. The highest BCUT2D eigenvalue weighted by molar-refractivity contribution is 5.82. The van der Waals surface area contributed by atoms with E-state index in [-0.39, 0.29) is 17.9 Å². The second kappa shape index (κ2) is 7.00. The van der Waals surface area contributed by atoms with Crippen LogP contribution in [0.1, 0.15) is 32.8 Å². The third kappa shape index (κ3) is 3.76. The molecule has 0 radical (unpaired) electrons. The van der Waals surface area contributed by atoms with Crippen molar-refractivity contribution in [2.45, 2.75) is 33.8 Å². The van der Waals surface area contributed by atoms with Crippen molar-refractivity contribution in [3.05, 3.63) is 35.9 Å². The molecule has 2 aromatic rings. The molecule has 2 heterocycles. The van der Waals surface area contributed by atoms with E-state index in [4.69, 9.17) is 4.98 Å². The van der Waals surface area contributed by atoms with Gasteiger partial charge in [0.2, 0.25) is 5.91 Å². The summed E-state index contributed by atoms with van der Waals surface area (Å²) >= 11 is 0. The molecule has 1 amide bonds. The topological polar surface area (TPSA) is 56.7 Å². The van der Waals surface area contributed by atoms with Crippen molar-refractivity contribution in [2.75, 3.05) is 31.1 Å². The minimum absolute atomic E-state index is 0.0334. The van der Waals surface area contributed by atoms with Gasteiger partial charge in [0, 0.05) is 42.5 Å². The summed E-state index contributed by atoms with van der Waals surface area (Å²) in [6, 6.07) is 9.97. The molecule has 5 heteroatoms. The van der Waals surface area contributed by atoms with Crippen molar-refractivity contribution in [3.8, 4) is 0 Å². The Morgan fingerprint density at radius 1 is 1.16 bits per heavy atom.